The van der Waals surface area contributed by atoms with Crippen molar-refractivity contribution in [2.45, 2.75) is 33.3 Å². The summed E-state index contributed by atoms with van der Waals surface area (Å²) in [6.45, 7) is 5.10. The largest absolute Gasteiger partial charge is 0.465 e. The Balaban J connectivity index is 1.45. The van der Waals surface area contributed by atoms with Gasteiger partial charge in [0.05, 0.1) is 35.1 Å². The average molecular weight is 617 g/mol. The number of methoxy groups -OCH3 is 1. The topological polar surface area (TPSA) is 121 Å². The van der Waals surface area contributed by atoms with E-state index in [9.17, 15) is 19.2 Å². The fourth-order valence-electron chi connectivity index (χ4n) is 4.72. The molecule has 0 spiro atoms. The normalized spacial score (nSPS) is 11.7. The number of para-hydroxylation sites is 1. The Morgan fingerprint density at radius 3 is 2.35 bits per heavy atom. The summed E-state index contributed by atoms with van der Waals surface area (Å²) in [5.74, 6) is -2.66. The van der Waals surface area contributed by atoms with Gasteiger partial charge in [0, 0.05) is 10.9 Å². The lowest BCUT2D eigenvalue weighted by molar-refractivity contribution is -0.124. The van der Waals surface area contributed by atoms with Gasteiger partial charge in [0.25, 0.3) is 5.91 Å². The Morgan fingerprint density at radius 1 is 0.907 bits per heavy atom. The number of nitrogens with one attached hydrogen (secondary N) is 1. The van der Waals surface area contributed by atoms with Crippen molar-refractivity contribution in [1.82, 2.24) is 4.98 Å². The Bertz CT molecular complexity index is 1840. The van der Waals surface area contributed by atoms with E-state index in [4.69, 9.17) is 19.2 Å². The molecule has 0 aliphatic carbocycles. The van der Waals surface area contributed by atoms with E-state index in [2.05, 4.69) is 5.32 Å². The number of esters is 3. The molecule has 0 radical (unpaired) electrons. The number of aromatic nitrogens is 1. The van der Waals surface area contributed by atoms with Crippen molar-refractivity contribution >= 4 is 72.5 Å². The predicted octanol–water partition coefficient (Wildman–Crippen LogP) is 7.02. The summed E-state index contributed by atoms with van der Waals surface area (Å²) in [6, 6.07) is 18.9. The van der Waals surface area contributed by atoms with Gasteiger partial charge in [0.1, 0.15) is 14.9 Å². The fraction of sp³-hybridized carbons (Fsp3) is 0.219. The van der Waals surface area contributed by atoms with E-state index in [-0.39, 0.29) is 28.5 Å². The Hall–Kier alpha value is -4.61. The molecule has 1 atom stereocenters. The molecule has 1 amide bonds. The Labute approximate surface area is 255 Å². The molecule has 0 saturated heterocycles. The lowest BCUT2D eigenvalue weighted by Gasteiger charge is -2.17. The number of thiazole rings is 1. The maximum absolute atomic E-state index is 13.6. The third kappa shape index (κ3) is 5.86. The van der Waals surface area contributed by atoms with Crippen molar-refractivity contribution in [3.05, 3.63) is 82.2 Å². The smallest absolute Gasteiger partial charge is 0.348 e. The number of rotatable bonds is 9. The SMILES string of the molecule is CCOC(=O)c1sc(NC(=O)C(CC)OC(=O)c2cccc3cccc(-c4nc5ccccc5s4)c23)c(C(=O)OC)c1C. The number of benzene rings is 3. The molecule has 43 heavy (non-hydrogen) atoms. The van der Waals surface area contributed by atoms with E-state index >= 15 is 0 Å². The molecule has 0 bridgehead atoms. The average Bonchev–Trinajstić information content (AvgIpc) is 3.59. The van der Waals surface area contributed by atoms with Gasteiger partial charge in [0.2, 0.25) is 0 Å². The molecule has 2 heterocycles. The van der Waals surface area contributed by atoms with Gasteiger partial charge in [-0.1, -0.05) is 49.4 Å². The van der Waals surface area contributed by atoms with E-state index in [1.165, 1.54) is 18.4 Å². The fourth-order valence-corrected chi connectivity index (χ4v) is 6.81. The maximum atomic E-state index is 13.6. The zero-order valence-electron chi connectivity index (χ0n) is 23.9. The van der Waals surface area contributed by atoms with Crippen LogP contribution in [-0.2, 0) is 19.0 Å². The van der Waals surface area contributed by atoms with Crippen LogP contribution in [0.4, 0.5) is 5.00 Å². The molecule has 3 aromatic carbocycles. The molecule has 0 fully saturated rings. The second kappa shape index (κ2) is 12.7. The molecule has 2 aromatic heterocycles. The highest BCUT2D eigenvalue weighted by atomic mass is 32.1. The molecule has 11 heteroatoms. The quantitative estimate of drug-likeness (QED) is 0.139. The van der Waals surface area contributed by atoms with Crippen molar-refractivity contribution in [2.75, 3.05) is 19.0 Å². The lowest BCUT2D eigenvalue weighted by atomic mass is 9.99. The van der Waals surface area contributed by atoms with E-state index in [0.29, 0.717) is 16.5 Å². The summed E-state index contributed by atoms with van der Waals surface area (Å²) in [4.78, 5) is 57.0. The number of nitrogens with zero attached hydrogens (tertiary/aromatic N) is 1. The lowest BCUT2D eigenvalue weighted by Crippen LogP contribution is -2.32. The summed E-state index contributed by atoms with van der Waals surface area (Å²) in [5, 5.41) is 5.03. The van der Waals surface area contributed by atoms with Crippen molar-refractivity contribution in [1.29, 1.82) is 0 Å². The van der Waals surface area contributed by atoms with E-state index in [1.807, 2.05) is 48.5 Å². The van der Waals surface area contributed by atoms with E-state index < -0.39 is 29.9 Å². The zero-order valence-corrected chi connectivity index (χ0v) is 25.5. The third-order valence-corrected chi connectivity index (χ3v) is 9.05. The standard InChI is InChI=1S/C32H28N2O7S2/c1-5-22(27(35)34-29-24(31(37)39-4)17(3)26(43-29)32(38)40-6-2)41-30(36)20-14-10-12-18-11-9-13-19(25(18)20)28-33-21-15-7-8-16-23(21)42-28/h7-16,22H,5-6H2,1-4H3,(H,34,35). The second-order valence-electron chi connectivity index (χ2n) is 9.46. The van der Waals surface area contributed by atoms with Gasteiger partial charge in [-0.3, -0.25) is 4.79 Å². The van der Waals surface area contributed by atoms with Crippen LogP contribution in [0, 0.1) is 6.92 Å². The van der Waals surface area contributed by atoms with Gasteiger partial charge in [0.15, 0.2) is 6.10 Å². The van der Waals surface area contributed by atoms with Crippen LogP contribution in [0.2, 0.25) is 0 Å². The van der Waals surface area contributed by atoms with Crippen LogP contribution >= 0.6 is 22.7 Å². The molecule has 1 N–H and O–H groups in total. The maximum Gasteiger partial charge on any atom is 0.348 e. The first-order chi connectivity index (χ1) is 20.8. The zero-order chi connectivity index (χ0) is 30.7. The number of carbonyl (C=O) groups excluding carboxylic acids is 4. The van der Waals surface area contributed by atoms with Crippen LogP contribution in [0.1, 0.15) is 56.2 Å². The van der Waals surface area contributed by atoms with Crippen LogP contribution in [0.3, 0.4) is 0 Å². The highest BCUT2D eigenvalue weighted by Gasteiger charge is 2.30. The molecule has 0 aliphatic heterocycles. The minimum absolute atomic E-state index is 0.0413. The number of anilines is 1. The highest BCUT2D eigenvalue weighted by Crippen LogP contribution is 2.37. The first kappa shape index (κ1) is 29.9. The number of thiophene rings is 1. The van der Waals surface area contributed by atoms with E-state index in [1.54, 1.807) is 32.9 Å². The highest BCUT2D eigenvalue weighted by molar-refractivity contribution is 7.21. The van der Waals surface area contributed by atoms with Gasteiger partial charge in [-0.15, -0.1) is 22.7 Å². The number of amides is 1. The van der Waals surface area contributed by atoms with Gasteiger partial charge >= 0.3 is 17.9 Å². The third-order valence-electron chi connectivity index (χ3n) is 6.80. The van der Waals surface area contributed by atoms with Gasteiger partial charge in [-0.2, -0.15) is 0 Å². The minimum Gasteiger partial charge on any atom is -0.465 e. The first-order valence-corrected chi connectivity index (χ1v) is 15.2. The number of ether oxygens (including phenoxy) is 3. The molecule has 220 valence electrons. The minimum atomic E-state index is -1.18. The number of fused-ring (bicyclic) bond motifs is 2. The predicted molar refractivity (Wildman–Crippen MR) is 167 cm³/mol. The molecular weight excluding hydrogens is 588 g/mol. The van der Waals surface area contributed by atoms with Crippen LogP contribution in [0.25, 0.3) is 31.6 Å². The van der Waals surface area contributed by atoms with Crippen molar-refractivity contribution < 1.29 is 33.4 Å². The molecule has 1 unspecified atom stereocenters. The molecular formula is C32H28N2O7S2. The summed E-state index contributed by atoms with van der Waals surface area (Å²) >= 11 is 2.43. The van der Waals surface area contributed by atoms with Crippen LogP contribution in [-0.4, -0.2) is 48.6 Å². The van der Waals surface area contributed by atoms with Gasteiger partial charge < -0.3 is 19.5 Å². The first-order valence-electron chi connectivity index (χ1n) is 13.6. The van der Waals surface area contributed by atoms with Crippen LogP contribution in [0.15, 0.2) is 60.7 Å². The van der Waals surface area contributed by atoms with Gasteiger partial charge in [-0.25, -0.2) is 19.4 Å². The summed E-state index contributed by atoms with van der Waals surface area (Å²) in [7, 11) is 1.21. The summed E-state index contributed by atoms with van der Waals surface area (Å²) < 4.78 is 16.8. The summed E-state index contributed by atoms with van der Waals surface area (Å²) in [5.41, 5.74) is 2.31. The number of carbonyl (C=O) groups is 4. The van der Waals surface area contributed by atoms with Crippen LogP contribution in [0.5, 0.6) is 0 Å². The molecule has 9 nitrogen and oxygen atoms in total. The number of hydrogen-bond acceptors (Lipinski definition) is 10. The summed E-state index contributed by atoms with van der Waals surface area (Å²) in [6.07, 6.45) is -1.02. The van der Waals surface area contributed by atoms with E-state index in [0.717, 1.165) is 37.5 Å². The van der Waals surface area contributed by atoms with Crippen molar-refractivity contribution in [3.63, 3.8) is 0 Å². The molecule has 0 saturated carbocycles. The molecule has 5 rings (SSSR count). The van der Waals surface area contributed by atoms with Crippen LogP contribution < -0.4 is 5.32 Å². The number of hydrogen-bond donors (Lipinski definition) is 1. The Morgan fingerprint density at radius 2 is 1.65 bits per heavy atom. The Kier molecular flexibility index (Phi) is 8.84. The van der Waals surface area contributed by atoms with Gasteiger partial charge in [-0.05, 0) is 49.4 Å². The molecule has 5 aromatic rings. The molecule has 0 aliphatic rings. The van der Waals surface area contributed by atoms with Crippen molar-refractivity contribution in [3.8, 4) is 10.6 Å². The monoisotopic (exact) mass is 616 g/mol. The van der Waals surface area contributed by atoms with Crippen molar-refractivity contribution in [2.24, 2.45) is 0 Å². The second-order valence-corrected chi connectivity index (χ2v) is 11.5.